The van der Waals surface area contributed by atoms with Gasteiger partial charge in [-0.05, 0) is 5.92 Å². The third-order valence-electron chi connectivity index (χ3n) is 1.04. The van der Waals surface area contributed by atoms with Crippen molar-refractivity contribution in [2.24, 2.45) is 0 Å². The van der Waals surface area contributed by atoms with E-state index < -0.39 is 0 Å². The molecule has 0 saturated heterocycles. The first-order valence-corrected chi connectivity index (χ1v) is 3.98. The molecule has 62 valence electrons. The first kappa shape index (κ1) is 9.11. The highest BCUT2D eigenvalue weighted by molar-refractivity contribution is 6.31. The molecule has 0 fully saturated rings. The second kappa shape index (κ2) is 4.15. The van der Waals surface area contributed by atoms with Crippen molar-refractivity contribution in [1.82, 2.24) is 9.97 Å². The van der Waals surface area contributed by atoms with Crippen LogP contribution in [-0.4, -0.2) is 15.8 Å². The van der Waals surface area contributed by atoms with Gasteiger partial charge in [-0.3, -0.25) is 0 Å². The molecule has 1 aromatic heterocycles. The highest BCUT2D eigenvalue weighted by Crippen LogP contribution is 2.10. The van der Waals surface area contributed by atoms with Crippen molar-refractivity contribution in [3.8, 4) is 11.8 Å². The number of aromatic nitrogens is 2. The lowest BCUT2D eigenvalue weighted by Crippen LogP contribution is -1.95. The predicted octanol–water partition coefficient (Wildman–Crippen LogP) is 1.30. The summed E-state index contributed by atoms with van der Waals surface area (Å²) in [6.45, 7) is 0. The Bertz CT molecular complexity index is 340. The number of alkyl halides is 1. The molecule has 2 N–H and O–H groups in total. The van der Waals surface area contributed by atoms with Gasteiger partial charge in [0.15, 0.2) is 11.0 Å². The molecule has 12 heavy (non-hydrogen) atoms. The molecule has 1 aromatic rings. The van der Waals surface area contributed by atoms with E-state index in [0.717, 1.165) is 0 Å². The third kappa shape index (κ3) is 2.26. The highest BCUT2D eigenvalue weighted by Gasteiger charge is 1.98. The summed E-state index contributed by atoms with van der Waals surface area (Å²) in [5.41, 5.74) is 5.81. The molecule has 0 aromatic carbocycles. The molecule has 0 aliphatic carbocycles. The van der Waals surface area contributed by atoms with Gasteiger partial charge in [-0.25, -0.2) is 9.97 Å². The topological polar surface area (TPSA) is 51.8 Å². The van der Waals surface area contributed by atoms with Gasteiger partial charge < -0.3 is 5.73 Å². The summed E-state index contributed by atoms with van der Waals surface area (Å²) in [4.78, 5) is 7.63. The van der Waals surface area contributed by atoms with E-state index in [1.807, 2.05) is 0 Å². The molecule has 1 rings (SSSR count). The lowest BCUT2D eigenvalue weighted by Gasteiger charge is -1.94. The molecule has 0 atom stereocenters. The van der Waals surface area contributed by atoms with Gasteiger partial charge in [0.05, 0.1) is 12.1 Å². The summed E-state index contributed by atoms with van der Waals surface area (Å²) < 4.78 is 0. The Morgan fingerprint density at radius 1 is 1.58 bits per heavy atom. The molecule has 0 saturated carbocycles. The van der Waals surface area contributed by atoms with Crippen LogP contribution >= 0.6 is 23.2 Å². The van der Waals surface area contributed by atoms with Gasteiger partial charge in [-0.15, -0.1) is 11.6 Å². The minimum atomic E-state index is 0.163. The second-order valence-electron chi connectivity index (χ2n) is 1.87. The molecule has 3 nitrogen and oxygen atoms in total. The van der Waals surface area contributed by atoms with Gasteiger partial charge in [0.1, 0.15) is 5.69 Å². The fourth-order valence-electron chi connectivity index (χ4n) is 0.560. The molecule has 0 unspecified atom stereocenters. The quantitative estimate of drug-likeness (QED) is 0.509. The van der Waals surface area contributed by atoms with Crippen molar-refractivity contribution in [3.05, 3.63) is 17.0 Å². The largest absolute Gasteiger partial charge is 0.381 e. The van der Waals surface area contributed by atoms with Crippen LogP contribution in [0.5, 0.6) is 0 Å². The number of nitrogens with zero attached hydrogens (tertiary/aromatic N) is 2. The summed E-state index contributed by atoms with van der Waals surface area (Å²) >= 11 is 10.9. The van der Waals surface area contributed by atoms with E-state index in [9.17, 15) is 0 Å². The zero-order valence-electron chi connectivity index (χ0n) is 6.01. The van der Waals surface area contributed by atoms with Crippen molar-refractivity contribution in [3.63, 3.8) is 0 Å². The summed E-state index contributed by atoms with van der Waals surface area (Å²) in [6.07, 6.45) is 1.45. The Balaban J connectivity index is 2.97. The van der Waals surface area contributed by atoms with Crippen LogP contribution in [0, 0.1) is 11.8 Å². The van der Waals surface area contributed by atoms with Crippen LogP contribution in [-0.2, 0) is 0 Å². The van der Waals surface area contributed by atoms with Crippen LogP contribution in [0.2, 0.25) is 5.15 Å². The van der Waals surface area contributed by atoms with Gasteiger partial charge in [0.2, 0.25) is 0 Å². The van der Waals surface area contributed by atoms with E-state index in [-0.39, 0.29) is 16.9 Å². The molecule has 5 heteroatoms. The summed E-state index contributed by atoms with van der Waals surface area (Å²) in [5.74, 6) is 5.75. The van der Waals surface area contributed by atoms with E-state index in [0.29, 0.717) is 5.69 Å². The maximum absolute atomic E-state index is 5.59. The normalized spacial score (nSPS) is 8.83. The Hall–Kier alpha value is -0.980. The zero-order chi connectivity index (χ0) is 8.97. The van der Waals surface area contributed by atoms with Gasteiger partial charge in [-0.1, -0.05) is 17.5 Å². The van der Waals surface area contributed by atoms with Crippen LogP contribution < -0.4 is 5.73 Å². The van der Waals surface area contributed by atoms with Crippen molar-refractivity contribution >= 4 is 29.0 Å². The first-order chi connectivity index (χ1) is 5.74. The molecule has 0 amide bonds. The van der Waals surface area contributed by atoms with E-state index in [1.165, 1.54) is 6.20 Å². The fraction of sp³-hybridized carbons (Fsp3) is 0.143. The van der Waals surface area contributed by atoms with Crippen LogP contribution in [0.25, 0.3) is 0 Å². The van der Waals surface area contributed by atoms with Crippen molar-refractivity contribution in [1.29, 1.82) is 0 Å². The molecule has 0 radical (unpaired) electrons. The minimum absolute atomic E-state index is 0.163. The highest BCUT2D eigenvalue weighted by atomic mass is 35.5. The van der Waals surface area contributed by atoms with Gasteiger partial charge in [-0.2, -0.15) is 0 Å². The molecule has 0 aliphatic rings. The average molecular weight is 202 g/mol. The standard InChI is InChI=1S/C7H5Cl2N3/c8-3-1-2-5-4-11-7(10)6(9)12-5/h4H,3H2,(H2,10,11). The Kier molecular flexibility index (Phi) is 3.15. The zero-order valence-corrected chi connectivity index (χ0v) is 7.52. The van der Waals surface area contributed by atoms with Crippen LogP contribution in [0.4, 0.5) is 5.82 Å². The smallest absolute Gasteiger partial charge is 0.172 e. The SMILES string of the molecule is Nc1ncc(C#CCCl)nc1Cl. The average Bonchev–Trinajstić information content (AvgIpc) is 2.07. The van der Waals surface area contributed by atoms with Gasteiger partial charge >= 0.3 is 0 Å². The van der Waals surface area contributed by atoms with E-state index in [1.54, 1.807) is 0 Å². The Morgan fingerprint density at radius 2 is 2.33 bits per heavy atom. The number of nitrogen functional groups attached to an aromatic ring is 1. The third-order valence-corrected chi connectivity index (χ3v) is 1.45. The van der Waals surface area contributed by atoms with E-state index >= 15 is 0 Å². The first-order valence-electron chi connectivity index (χ1n) is 3.07. The maximum atomic E-state index is 5.59. The number of hydrogen-bond acceptors (Lipinski definition) is 3. The fourth-order valence-corrected chi connectivity index (χ4v) is 0.767. The van der Waals surface area contributed by atoms with Crippen molar-refractivity contribution in [2.75, 3.05) is 11.6 Å². The van der Waals surface area contributed by atoms with Crippen LogP contribution in [0.1, 0.15) is 5.69 Å². The number of halogens is 2. The number of rotatable bonds is 0. The number of anilines is 1. The molecule has 1 heterocycles. The molecular weight excluding hydrogens is 197 g/mol. The lowest BCUT2D eigenvalue weighted by molar-refractivity contribution is 1.18. The lowest BCUT2D eigenvalue weighted by atomic mass is 10.4. The second-order valence-corrected chi connectivity index (χ2v) is 2.49. The van der Waals surface area contributed by atoms with Gasteiger partial charge in [0.25, 0.3) is 0 Å². The number of nitrogens with two attached hydrogens (primary N) is 1. The summed E-state index contributed by atoms with van der Waals surface area (Å²) in [5, 5.41) is 0.163. The molecule has 0 spiro atoms. The summed E-state index contributed by atoms with van der Waals surface area (Å²) in [7, 11) is 0. The summed E-state index contributed by atoms with van der Waals surface area (Å²) in [6, 6.07) is 0. The van der Waals surface area contributed by atoms with Crippen LogP contribution in [0.3, 0.4) is 0 Å². The van der Waals surface area contributed by atoms with Crippen molar-refractivity contribution in [2.45, 2.75) is 0 Å². The Labute approximate surface area is 79.9 Å². The van der Waals surface area contributed by atoms with Gasteiger partial charge in [0, 0.05) is 0 Å². The maximum Gasteiger partial charge on any atom is 0.172 e. The van der Waals surface area contributed by atoms with E-state index in [4.69, 9.17) is 28.9 Å². The molecular formula is C7H5Cl2N3. The minimum Gasteiger partial charge on any atom is -0.381 e. The van der Waals surface area contributed by atoms with E-state index in [2.05, 4.69) is 21.8 Å². The monoisotopic (exact) mass is 201 g/mol. The predicted molar refractivity (Wildman–Crippen MR) is 49.1 cm³/mol. The number of hydrogen-bond donors (Lipinski definition) is 1. The van der Waals surface area contributed by atoms with Crippen molar-refractivity contribution < 1.29 is 0 Å². The molecule has 0 aliphatic heterocycles. The Morgan fingerprint density at radius 3 is 2.92 bits per heavy atom. The van der Waals surface area contributed by atoms with Crippen LogP contribution in [0.15, 0.2) is 6.20 Å². The molecule has 0 bridgehead atoms.